The molecular weight excluding hydrogens is 206 g/mol. The Morgan fingerprint density at radius 2 is 1.65 bits per heavy atom. The van der Waals surface area contributed by atoms with Crippen LogP contribution in [0.4, 0.5) is 0 Å². The Morgan fingerprint density at radius 3 is 2.18 bits per heavy atom. The zero-order valence-corrected chi connectivity index (χ0v) is 11.9. The SMILES string of the molecule is CC(C)(C)c1cc(C(C)(C)C)c2c(n1)C=CC2. The van der Waals surface area contributed by atoms with Crippen LogP contribution in [0.2, 0.25) is 0 Å². The summed E-state index contributed by atoms with van der Waals surface area (Å²) in [6.07, 6.45) is 5.43. The van der Waals surface area contributed by atoms with Gasteiger partial charge in [0, 0.05) is 11.1 Å². The number of aromatic nitrogens is 1. The van der Waals surface area contributed by atoms with Crippen molar-refractivity contribution >= 4 is 6.08 Å². The summed E-state index contributed by atoms with van der Waals surface area (Å²) in [5, 5.41) is 0. The van der Waals surface area contributed by atoms with Crippen LogP contribution in [-0.2, 0) is 17.3 Å². The quantitative estimate of drug-likeness (QED) is 0.648. The molecule has 0 unspecified atom stereocenters. The predicted molar refractivity (Wildman–Crippen MR) is 74.4 cm³/mol. The van der Waals surface area contributed by atoms with Crippen LogP contribution in [0, 0.1) is 0 Å². The van der Waals surface area contributed by atoms with Gasteiger partial charge in [-0.1, -0.05) is 47.6 Å². The summed E-state index contributed by atoms with van der Waals surface area (Å²) in [4.78, 5) is 4.81. The van der Waals surface area contributed by atoms with E-state index in [2.05, 4.69) is 59.8 Å². The largest absolute Gasteiger partial charge is 0.253 e. The Kier molecular flexibility index (Phi) is 2.68. The van der Waals surface area contributed by atoms with Crippen LogP contribution < -0.4 is 0 Å². The average Bonchev–Trinajstić information content (AvgIpc) is 2.59. The van der Waals surface area contributed by atoms with Gasteiger partial charge in [0.15, 0.2) is 0 Å². The molecule has 0 saturated heterocycles. The molecule has 0 atom stereocenters. The van der Waals surface area contributed by atoms with E-state index in [0.29, 0.717) is 0 Å². The van der Waals surface area contributed by atoms with Crippen LogP contribution in [0.25, 0.3) is 6.08 Å². The molecule has 1 nitrogen and oxygen atoms in total. The first-order valence-corrected chi connectivity index (χ1v) is 6.41. The molecule has 0 radical (unpaired) electrons. The highest BCUT2D eigenvalue weighted by Crippen LogP contribution is 2.34. The first-order chi connectivity index (χ1) is 7.69. The van der Waals surface area contributed by atoms with Gasteiger partial charge in [0.25, 0.3) is 0 Å². The Labute approximate surface area is 105 Å². The summed E-state index contributed by atoms with van der Waals surface area (Å²) in [5.41, 5.74) is 5.57. The number of allylic oxidation sites excluding steroid dienone is 1. The van der Waals surface area contributed by atoms with Crippen molar-refractivity contribution in [3.8, 4) is 0 Å². The van der Waals surface area contributed by atoms with Crippen molar-refractivity contribution < 1.29 is 0 Å². The molecule has 0 fully saturated rings. The minimum absolute atomic E-state index is 0.117. The molecule has 0 amide bonds. The Balaban J connectivity index is 2.65. The van der Waals surface area contributed by atoms with Gasteiger partial charge in [0.05, 0.1) is 5.69 Å². The van der Waals surface area contributed by atoms with Crippen molar-refractivity contribution in [1.82, 2.24) is 4.98 Å². The van der Waals surface area contributed by atoms with Crippen molar-refractivity contribution in [2.75, 3.05) is 0 Å². The van der Waals surface area contributed by atoms with E-state index < -0.39 is 0 Å². The van der Waals surface area contributed by atoms with Gasteiger partial charge in [0.1, 0.15) is 0 Å². The summed E-state index contributed by atoms with van der Waals surface area (Å²) in [6, 6.07) is 2.31. The zero-order chi connectivity index (χ0) is 12.8. The number of nitrogens with zero attached hydrogens (tertiary/aromatic N) is 1. The van der Waals surface area contributed by atoms with E-state index in [9.17, 15) is 0 Å². The van der Waals surface area contributed by atoms with E-state index in [1.54, 1.807) is 0 Å². The average molecular weight is 229 g/mol. The molecule has 0 N–H and O–H groups in total. The maximum absolute atomic E-state index is 4.81. The van der Waals surface area contributed by atoms with Crippen molar-refractivity contribution in [2.45, 2.75) is 58.8 Å². The molecule has 1 heterocycles. The maximum atomic E-state index is 4.81. The third-order valence-corrected chi connectivity index (χ3v) is 3.33. The van der Waals surface area contributed by atoms with Crippen LogP contribution >= 0.6 is 0 Å². The third-order valence-electron chi connectivity index (χ3n) is 3.33. The van der Waals surface area contributed by atoms with E-state index >= 15 is 0 Å². The Morgan fingerprint density at radius 1 is 1.00 bits per heavy atom. The molecule has 1 aliphatic rings. The molecule has 0 aromatic carbocycles. The van der Waals surface area contributed by atoms with E-state index in [-0.39, 0.29) is 10.8 Å². The summed E-state index contributed by atoms with van der Waals surface area (Å²) in [5.74, 6) is 0. The first kappa shape index (κ1) is 12.3. The standard InChI is InChI=1S/C16H23N/c1-15(2,3)12-10-14(16(4,5)6)17-13-9-7-8-11(12)13/h7,9-10H,8H2,1-6H3. The Bertz CT molecular complexity index is 468. The van der Waals surface area contributed by atoms with E-state index in [4.69, 9.17) is 4.98 Å². The molecule has 2 rings (SSSR count). The topological polar surface area (TPSA) is 12.9 Å². The Hall–Kier alpha value is -1.11. The summed E-state index contributed by atoms with van der Waals surface area (Å²) >= 11 is 0. The van der Waals surface area contributed by atoms with Gasteiger partial charge < -0.3 is 0 Å². The molecule has 0 bridgehead atoms. The lowest BCUT2D eigenvalue weighted by molar-refractivity contribution is 0.549. The third kappa shape index (κ3) is 2.29. The van der Waals surface area contributed by atoms with Gasteiger partial charge in [0.2, 0.25) is 0 Å². The van der Waals surface area contributed by atoms with Crippen molar-refractivity contribution in [2.24, 2.45) is 0 Å². The number of fused-ring (bicyclic) bond motifs is 1. The number of pyridine rings is 1. The van der Waals surface area contributed by atoms with Gasteiger partial charge >= 0.3 is 0 Å². The fraction of sp³-hybridized carbons (Fsp3) is 0.562. The maximum Gasteiger partial charge on any atom is 0.0668 e. The molecular formula is C16H23N. The highest BCUT2D eigenvalue weighted by Gasteiger charge is 2.26. The van der Waals surface area contributed by atoms with Crippen LogP contribution in [0.3, 0.4) is 0 Å². The van der Waals surface area contributed by atoms with Gasteiger partial charge in [-0.15, -0.1) is 0 Å². The van der Waals surface area contributed by atoms with E-state index in [0.717, 1.165) is 6.42 Å². The second-order valence-corrected chi connectivity index (χ2v) is 7.03. The zero-order valence-electron chi connectivity index (χ0n) is 11.9. The summed E-state index contributed by atoms with van der Waals surface area (Å²) < 4.78 is 0. The summed E-state index contributed by atoms with van der Waals surface area (Å²) in [7, 11) is 0. The fourth-order valence-corrected chi connectivity index (χ4v) is 2.29. The van der Waals surface area contributed by atoms with Gasteiger partial charge in [-0.05, 0) is 35.1 Å². The highest BCUT2D eigenvalue weighted by molar-refractivity contribution is 5.60. The lowest BCUT2D eigenvalue weighted by Crippen LogP contribution is -2.20. The molecule has 92 valence electrons. The molecule has 0 spiro atoms. The molecule has 0 aliphatic heterocycles. The lowest BCUT2D eigenvalue weighted by atomic mass is 9.80. The molecule has 0 saturated carbocycles. The fourth-order valence-electron chi connectivity index (χ4n) is 2.29. The summed E-state index contributed by atoms with van der Waals surface area (Å²) in [6.45, 7) is 13.5. The van der Waals surface area contributed by atoms with Crippen LogP contribution in [0.15, 0.2) is 12.1 Å². The second-order valence-electron chi connectivity index (χ2n) is 7.03. The van der Waals surface area contributed by atoms with Crippen LogP contribution in [0.5, 0.6) is 0 Å². The minimum Gasteiger partial charge on any atom is -0.253 e. The smallest absolute Gasteiger partial charge is 0.0668 e. The minimum atomic E-state index is 0.117. The highest BCUT2D eigenvalue weighted by atomic mass is 14.7. The molecule has 1 aliphatic carbocycles. The van der Waals surface area contributed by atoms with Gasteiger partial charge in [-0.25, -0.2) is 0 Å². The number of hydrogen-bond acceptors (Lipinski definition) is 1. The van der Waals surface area contributed by atoms with Crippen LogP contribution in [-0.4, -0.2) is 4.98 Å². The second kappa shape index (κ2) is 3.69. The van der Waals surface area contributed by atoms with E-state index in [1.807, 2.05) is 0 Å². The first-order valence-electron chi connectivity index (χ1n) is 6.41. The van der Waals surface area contributed by atoms with E-state index in [1.165, 1.54) is 22.5 Å². The van der Waals surface area contributed by atoms with Crippen molar-refractivity contribution in [3.05, 3.63) is 34.7 Å². The molecule has 1 heteroatoms. The monoisotopic (exact) mass is 229 g/mol. The molecule has 1 aromatic heterocycles. The van der Waals surface area contributed by atoms with Gasteiger partial charge in [-0.3, -0.25) is 4.98 Å². The molecule has 1 aromatic rings. The normalized spacial score (nSPS) is 15.2. The van der Waals surface area contributed by atoms with Gasteiger partial charge in [-0.2, -0.15) is 0 Å². The van der Waals surface area contributed by atoms with Crippen LogP contribution in [0.1, 0.15) is 64.1 Å². The predicted octanol–water partition coefficient (Wildman–Crippen LogP) is 4.25. The van der Waals surface area contributed by atoms with Crippen molar-refractivity contribution in [3.63, 3.8) is 0 Å². The molecule has 17 heavy (non-hydrogen) atoms. The lowest BCUT2D eigenvalue weighted by Gasteiger charge is -2.27. The number of hydrogen-bond donors (Lipinski definition) is 0. The number of rotatable bonds is 0. The van der Waals surface area contributed by atoms with Crippen molar-refractivity contribution in [1.29, 1.82) is 0 Å².